The number of carbonyl (C=O) groups excluding carboxylic acids is 2. The predicted molar refractivity (Wildman–Crippen MR) is 104 cm³/mol. The molecule has 0 saturated heterocycles. The molecule has 144 valence electrons. The van der Waals surface area contributed by atoms with E-state index in [1.54, 1.807) is 36.4 Å². The summed E-state index contributed by atoms with van der Waals surface area (Å²) in [5.41, 5.74) is 0.697. The lowest BCUT2D eigenvalue weighted by Crippen LogP contribution is -2.14. The summed E-state index contributed by atoms with van der Waals surface area (Å²) in [5, 5.41) is 0. The molecule has 2 aromatic rings. The highest BCUT2D eigenvalue weighted by Crippen LogP contribution is 2.29. The summed E-state index contributed by atoms with van der Waals surface area (Å²) < 4.78 is 21.9. The van der Waals surface area contributed by atoms with E-state index in [1.807, 2.05) is 13.8 Å². The van der Waals surface area contributed by atoms with Gasteiger partial charge < -0.3 is 18.9 Å². The largest absolute Gasteiger partial charge is 0.496 e. The van der Waals surface area contributed by atoms with E-state index < -0.39 is 5.97 Å². The third kappa shape index (κ3) is 5.47. The van der Waals surface area contributed by atoms with Crippen molar-refractivity contribution >= 4 is 27.7 Å². The van der Waals surface area contributed by atoms with Crippen LogP contribution >= 0.6 is 15.9 Å². The molecule has 0 N–H and O–H groups in total. The summed E-state index contributed by atoms with van der Waals surface area (Å²) in [6.45, 7) is 4.25. The molecule has 2 aromatic carbocycles. The molecular formula is C20H21BrO6. The Kier molecular flexibility index (Phi) is 7.67. The fourth-order valence-electron chi connectivity index (χ4n) is 2.32. The molecule has 2 rings (SSSR count). The molecule has 0 bridgehead atoms. The van der Waals surface area contributed by atoms with Crippen molar-refractivity contribution in [3.63, 3.8) is 0 Å². The van der Waals surface area contributed by atoms with E-state index in [1.165, 1.54) is 7.11 Å². The zero-order valence-corrected chi connectivity index (χ0v) is 17.0. The molecule has 0 amide bonds. The average Bonchev–Trinajstić information content (AvgIpc) is 2.67. The van der Waals surface area contributed by atoms with Gasteiger partial charge in [0.05, 0.1) is 30.4 Å². The Bertz CT molecular complexity index is 818. The van der Waals surface area contributed by atoms with Crippen LogP contribution in [0.15, 0.2) is 40.9 Å². The molecule has 0 unspecified atom stereocenters. The van der Waals surface area contributed by atoms with Crippen molar-refractivity contribution in [3.8, 4) is 17.2 Å². The highest BCUT2D eigenvalue weighted by atomic mass is 79.9. The Morgan fingerprint density at radius 2 is 1.52 bits per heavy atom. The zero-order valence-electron chi connectivity index (χ0n) is 15.4. The predicted octanol–water partition coefficient (Wildman–Crippen LogP) is 4.29. The van der Waals surface area contributed by atoms with Crippen LogP contribution in [0.5, 0.6) is 17.2 Å². The summed E-state index contributed by atoms with van der Waals surface area (Å²) in [6, 6.07) is 9.67. The van der Waals surface area contributed by atoms with Gasteiger partial charge in [0.15, 0.2) is 23.9 Å². The second kappa shape index (κ2) is 9.97. The van der Waals surface area contributed by atoms with E-state index in [-0.39, 0.29) is 18.0 Å². The second-order valence-corrected chi connectivity index (χ2v) is 6.23. The normalized spacial score (nSPS) is 10.2. The van der Waals surface area contributed by atoms with E-state index in [9.17, 15) is 9.59 Å². The van der Waals surface area contributed by atoms with Gasteiger partial charge in [0.2, 0.25) is 0 Å². The van der Waals surface area contributed by atoms with E-state index in [0.29, 0.717) is 40.5 Å². The molecule has 0 heterocycles. The average molecular weight is 437 g/mol. The summed E-state index contributed by atoms with van der Waals surface area (Å²) in [7, 11) is 1.54. The first-order chi connectivity index (χ1) is 13.0. The van der Waals surface area contributed by atoms with Gasteiger partial charge in [-0.05, 0) is 66.2 Å². The van der Waals surface area contributed by atoms with Crippen LogP contribution < -0.4 is 14.2 Å². The zero-order chi connectivity index (χ0) is 19.8. The van der Waals surface area contributed by atoms with Gasteiger partial charge in [-0.25, -0.2) is 4.79 Å². The highest BCUT2D eigenvalue weighted by Gasteiger charge is 2.16. The Balaban J connectivity index is 2.05. The Labute approximate surface area is 166 Å². The van der Waals surface area contributed by atoms with Gasteiger partial charge in [-0.3, -0.25) is 4.79 Å². The van der Waals surface area contributed by atoms with Gasteiger partial charge >= 0.3 is 5.97 Å². The summed E-state index contributed by atoms with van der Waals surface area (Å²) in [4.78, 5) is 24.5. The quantitative estimate of drug-likeness (QED) is 0.431. The topological polar surface area (TPSA) is 71.1 Å². The molecule has 0 aromatic heterocycles. The van der Waals surface area contributed by atoms with Crippen LogP contribution in [0.2, 0.25) is 0 Å². The smallest absolute Gasteiger partial charge is 0.338 e. The molecule has 7 heteroatoms. The Hall–Kier alpha value is -2.54. The number of ketones is 1. The maximum Gasteiger partial charge on any atom is 0.338 e. The third-order valence-corrected chi connectivity index (χ3v) is 4.21. The molecule has 27 heavy (non-hydrogen) atoms. The second-order valence-electron chi connectivity index (χ2n) is 5.38. The first-order valence-corrected chi connectivity index (χ1v) is 9.22. The number of rotatable bonds is 9. The van der Waals surface area contributed by atoms with Crippen LogP contribution in [-0.4, -0.2) is 38.7 Å². The molecule has 0 aliphatic rings. The van der Waals surface area contributed by atoms with Crippen LogP contribution in [-0.2, 0) is 4.74 Å². The van der Waals surface area contributed by atoms with Crippen LogP contribution in [0.4, 0.5) is 0 Å². The maximum atomic E-state index is 12.3. The minimum Gasteiger partial charge on any atom is -0.496 e. The fraction of sp³-hybridized carbons (Fsp3) is 0.300. The van der Waals surface area contributed by atoms with E-state index in [2.05, 4.69) is 15.9 Å². The van der Waals surface area contributed by atoms with Gasteiger partial charge in [0, 0.05) is 5.56 Å². The number of hydrogen-bond acceptors (Lipinski definition) is 6. The van der Waals surface area contributed by atoms with Crippen molar-refractivity contribution < 1.29 is 28.5 Å². The first-order valence-electron chi connectivity index (χ1n) is 8.43. The molecule has 0 spiro atoms. The standard InChI is InChI=1S/C20H21BrO6/c1-4-25-18-9-7-14(11-19(18)26-5-2)20(23)27-12-16(22)13-6-8-17(24-3)15(21)10-13/h6-11H,4-5,12H2,1-3H3. The minimum absolute atomic E-state index is 0.283. The van der Waals surface area contributed by atoms with Gasteiger partial charge in [-0.2, -0.15) is 0 Å². The fourth-order valence-corrected chi connectivity index (χ4v) is 2.86. The maximum absolute atomic E-state index is 12.3. The number of ether oxygens (including phenoxy) is 4. The molecule has 0 saturated carbocycles. The van der Waals surface area contributed by atoms with Crippen molar-refractivity contribution in [3.05, 3.63) is 52.0 Å². The number of halogens is 1. The molecular weight excluding hydrogens is 416 g/mol. The Morgan fingerprint density at radius 1 is 0.889 bits per heavy atom. The molecule has 0 aliphatic carbocycles. The first kappa shape index (κ1) is 20.8. The molecule has 0 radical (unpaired) electrons. The lowest BCUT2D eigenvalue weighted by atomic mass is 10.1. The number of carbonyl (C=O) groups is 2. The monoisotopic (exact) mass is 436 g/mol. The van der Waals surface area contributed by atoms with Crippen LogP contribution in [0.25, 0.3) is 0 Å². The van der Waals surface area contributed by atoms with Crippen LogP contribution in [0.3, 0.4) is 0 Å². The van der Waals surface area contributed by atoms with Crippen molar-refractivity contribution in [2.24, 2.45) is 0 Å². The van der Waals surface area contributed by atoms with Gasteiger partial charge in [-0.1, -0.05) is 0 Å². The van der Waals surface area contributed by atoms with Crippen molar-refractivity contribution in [1.82, 2.24) is 0 Å². The van der Waals surface area contributed by atoms with E-state index in [0.717, 1.165) is 0 Å². The lowest BCUT2D eigenvalue weighted by Gasteiger charge is -2.12. The highest BCUT2D eigenvalue weighted by molar-refractivity contribution is 9.10. The van der Waals surface area contributed by atoms with Gasteiger partial charge in [-0.15, -0.1) is 0 Å². The van der Waals surface area contributed by atoms with Crippen LogP contribution in [0, 0.1) is 0 Å². The number of benzene rings is 2. The number of hydrogen-bond donors (Lipinski definition) is 0. The van der Waals surface area contributed by atoms with Gasteiger partial charge in [0.25, 0.3) is 0 Å². The number of methoxy groups -OCH3 is 1. The lowest BCUT2D eigenvalue weighted by molar-refractivity contribution is 0.0474. The summed E-state index contributed by atoms with van der Waals surface area (Å²) in [5.74, 6) is 0.693. The molecule has 0 aliphatic heterocycles. The van der Waals surface area contributed by atoms with Crippen molar-refractivity contribution in [1.29, 1.82) is 0 Å². The number of esters is 1. The Morgan fingerprint density at radius 3 is 2.15 bits per heavy atom. The van der Waals surface area contributed by atoms with E-state index in [4.69, 9.17) is 18.9 Å². The summed E-state index contributed by atoms with van der Waals surface area (Å²) in [6.07, 6.45) is 0. The number of Topliss-reactive ketones (excluding diaryl/α,β-unsaturated/α-hetero) is 1. The molecule has 0 fully saturated rings. The molecule has 0 atom stereocenters. The van der Waals surface area contributed by atoms with Crippen LogP contribution in [0.1, 0.15) is 34.6 Å². The van der Waals surface area contributed by atoms with Crippen molar-refractivity contribution in [2.75, 3.05) is 26.9 Å². The minimum atomic E-state index is -0.611. The van der Waals surface area contributed by atoms with Crippen molar-refractivity contribution in [2.45, 2.75) is 13.8 Å². The van der Waals surface area contributed by atoms with Gasteiger partial charge in [0.1, 0.15) is 5.75 Å². The summed E-state index contributed by atoms with van der Waals surface area (Å²) >= 11 is 3.32. The van der Waals surface area contributed by atoms with E-state index >= 15 is 0 Å². The third-order valence-electron chi connectivity index (χ3n) is 3.59. The SMILES string of the molecule is CCOc1ccc(C(=O)OCC(=O)c2ccc(OC)c(Br)c2)cc1OCC. The molecule has 6 nitrogen and oxygen atoms in total.